The SMILES string of the molecule is CC(C)c1nn(C)cc1C1CCNC1. The van der Waals surface area contributed by atoms with Gasteiger partial charge in [0.05, 0.1) is 5.69 Å². The lowest BCUT2D eigenvalue weighted by Crippen LogP contribution is -2.09. The highest BCUT2D eigenvalue weighted by Crippen LogP contribution is 2.28. The first kappa shape index (κ1) is 9.71. The maximum absolute atomic E-state index is 4.54. The van der Waals surface area contributed by atoms with Crippen molar-refractivity contribution in [2.75, 3.05) is 13.1 Å². The van der Waals surface area contributed by atoms with E-state index in [-0.39, 0.29) is 0 Å². The summed E-state index contributed by atoms with van der Waals surface area (Å²) in [5.74, 6) is 1.22. The molecule has 14 heavy (non-hydrogen) atoms. The quantitative estimate of drug-likeness (QED) is 0.773. The number of hydrogen-bond donors (Lipinski definition) is 1. The number of hydrogen-bond acceptors (Lipinski definition) is 2. The summed E-state index contributed by atoms with van der Waals surface area (Å²) in [6, 6.07) is 0. The van der Waals surface area contributed by atoms with E-state index in [2.05, 4.69) is 30.5 Å². The average Bonchev–Trinajstić information content (AvgIpc) is 2.70. The van der Waals surface area contributed by atoms with Crippen LogP contribution in [0.5, 0.6) is 0 Å². The van der Waals surface area contributed by atoms with Gasteiger partial charge >= 0.3 is 0 Å². The maximum Gasteiger partial charge on any atom is 0.0685 e. The van der Waals surface area contributed by atoms with Crippen LogP contribution in [0.15, 0.2) is 6.20 Å². The van der Waals surface area contributed by atoms with E-state index in [0.717, 1.165) is 13.1 Å². The predicted molar refractivity (Wildman–Crippen MR) is 57.5 cm³/mol. The van der Waals surface area contributed by atoms with Crippen LogP contribution in [0.25, 0.3) is 0 Å². The van der Waals surface area contributed by atoms with Crippen LogP contribution in [0.3, 0.4) is 0 Å². The van der Waals surface area contributed by atoms with Gasteiger partial charge in [-0.3, -0.25) is 4.68 Å². The summed E-state index contributed by atoms with van der Waals surface area (Å²) in [5.41, 5.74) is 2.73. The van der Waals surface area contributed by atoms with Crippen LogP contribution < -0.4 is 5.32 Å². The molecule has 1 atom stereocenters. The maximum atomic E-state index is 4.54. The lowest BCUT2D eigenvalue weighted by atomic mass is 9.94. The first-order valence-electron chi connectivity index (χ1n) is 5.42. The molecule has 0 aliphatic carbocycles. The minimum absolute atomic E-state index is 0.534. The van der Waals surface area contributed by atoms with Crippen molar-refractivity contribution in [1.82, 2.24) is 15.1 Å². The largest absolute Gasteiger partial charge is 0.316 e. The Morgan fingerprint density at radius 2 is 2.36 bits per heavy atom. The molecule has 1 saturated heterocycles. The summed E-state index contributed by atoms with van der Waals surface area (Å²) in [5, 5.41) is 7.95. The van der Waals surface area contributed by atoms with Crippen LogP contribution in [-0.4, -0.2) is 22.9 Å². The zero-order valence-corrected chi connectivity index (χ0v) is 9.25. The molecule has 1 aliphatic rings. The Hall–Kier alpha value is -0.830. The molecular formula is C11H19N3. The van der Waals surface area contributed by atoms with Gasteiger partial charge in [0, 0.05) is 25.7 Å². The second-order valence-electron chi connectivity index (χ2n) is 4.49. The van der Waals surface area contributed by atoms with Crippen molar-refractivity contribution in [3.05, 3.63) is 17.5 Å². The fourth-order valence-electron chi connectivity index (χ4n) is 2.21. The van der Waals surface area contributed by atoms with E-state index >= 15 is 0 Å². The summed E-state index contributed by atoms with van der Waals surface area (Å²) >= 11 is 0. The molecule has 0 spiro atoms. The molecule has 1 aliphatic heterocycles. The summed E-state index contributed by atoms with van der Waals surface area (Å²) in [7, 11) is 2.01. The molecule has 1 unspecified atom stereocenters. The Bertz CT molecular complexity index is 308. The lowest BCUT2D eigenvalue weighted by molar-refractivity contribution is 0.703. The molecule has 3 nitrogen and oxygen atoms in total. The molecule has 3 heteroatoms. The lowest BCUT2D eigenvalue weighted by Gasteiger charge is -2.10. The van der Waals surface area contributed by atoms with Gasteiger partial charge in [0.2, 0.25) is 0 Å². The van der Waals surface area contributed by atoms with E-state index in [9.17, 15) is 0 Å². The second kappa shape index (κ2) is 3.73. The minimum Gasteiger partial charge on any atom is -0.316 e. The van der Waals surface area contributed by atoms with Gasteiger partial charge in [0.1, 0.15) is 0 Å². The van der Waals surface area contributed by atoms with Gasteiger partial charge < -0.3 is 5.32 Å². The summed E-state index contributed by atoms with van der Waals surface area (Å²) in [6.45, 7) is 6.70. The van der Waals surface area contributed by atoms with Gasteiger partial charge in [-0.2, -0.15) is 5.10 Å². The molecule has 2 rings (SSSR count). The summed E-state index contributed by atoms with van der Waals surface area (Å²) in [6.07, 6.45) is 3.44. The predicted octanol–water partition coefficient (Wildman–Crippen LogP) is 1.62. The fourth-order valence-corrected chi connectivity index (χ4v) is 2.21. The Morgan fingerprint density at radius 3 is 2.93 bits per heavy atom. The molecule has 78 valence electrons. The van der Waals surface area contributed by atoms with Crippen LogP contribution in [0, 0.1) is 0 Å². The van der Waals surface area contributed by atoms with Gasteiger partial charge in [-0.05, 0) is 24.4 Å². The number of aryl methyl sites for hydroxylation is 1. The molecule has 0 aromatic carbocycles. The molecule has 1 aromatic heterocycles. The molecule has 0 bridgehead atoms. The summed E-state index contributed by atoms with van der Waals surface area (Å²) in [4.78, 5) is 0. The van der Waals surface area contributed by atoms with E-state index in [1.165, 1.54) is 17.7 Å². The van der Waals surface area contributed by atoms with Gasteiger partial charge in [-0.15, -0.1) is 0 Å². The van der Waals surface area contributed by atoms with Crippen molar-refractivity contribution in [3.63, 3.8) is 0 Å². The number of nitrogens with one attached hydrogen (secondary N) is 1. The van der Waals surface area contributed by atoms with Gasteiger partial charge in [-0.1, -0.05) is 13.8 Å². The standard InChI is InChI=1S/C11H19N3/c1-8(2)11-10(7-14(3)13-11)9-4-5-12-6-9/h7-9,12H,4-6H2,1-3H3. The number of nitrogens with zero attached hydrogens (tertiary/aromatic N) is 2. The Labute approximate surface area is 85.5 Å². The van der Waals surface area contributed by atoms with E-state index < -0.39 is 0 Å². The van der Waals surface area contributed by atoms with Crippen molar-refractivity contribution < 1.29 is 0 Å². The monoisotopic (exact) mass is 193 g/mol. The highest BCUT2D eigenvalue weighted by atomic mass is 15.3. The smallest absolute Gasteiger partial charge is 0.0685 e. The van der Waals surface area contributed by atoms with Gasteiger partial charge in [0.15, 0.2) is 0 Å². The highest BCUT2D eigenvalue weighted by molar-refractivity contribution is 5.25. The number of aromatic nitrogens is 2. The third kappa shape index (κ3) is 1.69. The van der Waals surface area contributed by atoms with Crippen LogP contribution >= 0.6 is 0 Å². The van der Waals surface area contributed by atoms with Crippen LogP contribution in [-0.2, 0) is 7.05 Å². The third-order valence-electron chi connectivity index (χ3n) is 2.93. The normalized spacial score (nSPS) is 22.1. The fraction of sp³-hybridized carbons (Fsp3) is 0.727. The Morgan fingerprint density at radius 1 is 1.57 bits per heavy atom. The van der Waals surface area contributed by atoms with Gasteiger partial charge in [0.25, 0.3) is 0 Å². The zero-order valence-electron chi connectivity index (χ0n) is 9.25. The van der Waals surface area contributed by atoms with Crippen LogP contribution in [0.2, 0.25) is 0 Å². The molecule has 0 radical (unpaired) electrons. The summed E-state index contributed by atoms with van der Waals surface area (Å²) < 4.78 is 1.95. The first-order valence-corrected chi connectivity index (χ1v) is 5.42. The Kier molecular flexibility index (Phi) is 2.59. The van der Waals surface area contributed by atoms with E-state index in [0.29, 0.717) is 11.8 Å². The molecule has 2 heterocycles. The molecule has 0 saturated carbocycles. The van der Waals surface area contributed by atoms with Crippen LogP contribution in [0.1, 0.15) is 43.4 Å². The molecule has 1 aromatic rings. The van der Waals surface area contributed by atoms with E-state index in [1.54, 1.807) is 0 Å². The van der Waals surface area contributed by atoms with E-state index in [1.807, 2.05) is 11.7 Å². The zero-order chi connectivity index (χ0) is 10.1. The van der Waals surface area contributed by atoms with Crippen molar-refractivity contribution >= 4 is 0 Å². The van der Waals surface area contributed by atoms with Crippen molar-refractivity contribution in [3.8, 4) is 0 Å². The molecular weight excluding hydrogens is 174 g/mol. The molecule has 0 amide bonds. The Balaban J connectivity index is 2.30. The molecule has 1 fully saturated rings. The third-order valence-corrected chi connectivity index (χ3v) is 2.93. The van der Waals surface area contributed by atoms with E-state index in [4.69, 9.17) is 0 Å². The highest BCUT2D eigenvalue weighted by Gasteiger charge is 2.22. The van der Waals surface area contributed by atoms with Crippen LogP contribution in [0.4, 0.5) is 0 Å². The van der Waals surface area contributed by atoms with Crippen molar-refractivity contribution in [1.29, 1.82) is 0 Å². The van der Waals surface area contributed by atoms with Gasteiger partial charge in [-0.25, -0.2) is 0 Å². The van der Waals surface area contributed by atoms with Crippen molar-refractivity contribution in [2.45, 2.75) is 32.1 Å². The second-order valence-corrected chi connectivity index (χ2v) is 4.49. The first-order chi connectivity index (χ1) is 6.68. The average molecular weight is 193 g/mol. The minimum atomic E-state index is 0.534. The topological polar surface area (TPSA) is 29.9 Å². The van der Waals surface area contributed by atoms with Crippen molar-refractivity contribution in [2.24, 2.45) is 7.05 Å². The molecule has 1 N–H and O–H groups in total. The number of rotatable bonds is 2.